The molecule has 0 aliphatic heterocycles. The summed E-state index contributed by atoms with van der Waals surface area (Å²) in [5.41, 5.74) is 1.65. The maximum absolute atomic E-state index is 11.6. The Hall–Kier alpha value is -1.84. The number of ether oxygens (including phenoxy) is 2. The van der Waals surface area contributed by atoms with Crippen LogP contribution in [0.2, 0.25) is 5.02 Å². The van der Waals surface area contributed by atoms with Crippen LogP contribution in [-0.2, 0) is 11.3 Å². The summed E-state index contributed by atoms with van der Waals surface area (Å²) in [5.74, 6) is 0.672. The van der Waals surface area contributed by atoms with E-state index in [-0.39, 0.29) is 12.4 Å². The zero-order valence-corrected chi connectivity index (χ0v) is 11.9. The van der Waals surface area contributed by atoms with Crippen LogP contribution in [0.1, 0.15) is 15.9 Å². The van der Waals surface area contributed by atoms with E-state index in [0.717, 1.165) is 5.56 Å². The Morgan fingerprint density at radius 2 is 1.70 bits per heavy atom. The highest BCUT2D eigenvalue weighted by atomic mass is 35.5. The van der Waals surface area contributed by atoms with Gasteiger partial charge in [-0.15, -0.1) is 0 Å². The fourth-order valence-electron chi connectivity index (χ4n) is 1.70. The maximum atomic E-state index is 11.6. The van der Waals surface area contributed by atoms with Crippen molar-refractivity contribution in [3.63, 3.8) is 0 Å². The Labute approximate surface area is 123 Å². The minimum atomic E-state index is -0.0447. The Bertz CT molecular complexity index is 561. The first-order valence-corrected chi connectivity index (χ1v) is 6.56. The third-order valence-electron chi connectivity index (χ3n) is 2.77. The van der Waals surface area contributed by atoms with Gasteiger partial charge >= 0.3 is 0 Å². The fraction of sp³-hybridized carbons (Fsp3) is 0.188. The fourth-order valence-corrected chi connectivity index (χ4v) is 1.82. The van der Waals surface area contributed by atoms with Crippen molar-refractivity contribution in [3.05, 3.63) is 64.7 Å². The molecule has 0 aromatic heterocycles. The molecule has 0 aliphatic rings. The van der Waals surface area contributed by atoms with Gasteiger partial charge in [0.25, 0.3) is 0 Å². The number of halogens is 1. The van der Waals surface area contributed by atoms with Crippen molar-refractivity contribution in [1.82, 2.24) is 0 Å². The predicted octanol–water partition coefficient (Wildman–Crippen LogP) is 3.75. The van der Waals surface area contributed by atoms with Gasteiger partial charge in [-0.05, 0) is 42.0 Å². The molecular weight excluding hydrogens is 276 g/mol. The van der Waals surface area contributed by atoms with E-state index in [1.807, 2.05) is 24.3 Å². The molecule has 0 amide bonds. The van der Waals surface area contributed by atoms with Crippen LogP contribution < -0.4 is 4.74 Å². The van der Waals surface area contributed by atoms with Gasteiger partial charge in [0.05, 0.1) is 0 Å². The van der Waals surface area contributed by atoms with Crippen LogP contribution in [0.3, 0.4) is 0 Å². The molecular formula is C16H15ClO3. The average Bonchev–Trinajstić information content (AvgIpc) is 2.47. The first-order chi connectivity index (χ1) is 9.69. The molecule has 20 heavy (non-hydrogen) atoms. The molecule has 0 spiro atoms. The second-order valence-corrected chi connectivity index (χ2v) is 4.73. The largest absolute Gasteiger partial charge is 0.489 e. The molecule has 0 unspecified atom stereocenters. The Balaban J connectivity index is 1.93. The molecule has 0 heterocycles. The summed E-state index contributed by atoms with van der Waals surface area (Å²) in [5, 5.41) is 0.703. The van der Waals surface area contributed by atoms with E-state index in [1.165, 1.54) is 7.11 Å². The quantitative estimate of drug-likeness (QED) is 0.760. The number of carbonyl (C=O) groups excluding carboxylic acids is 1. The molecule has 0 aliphatic carbocycles. The van der Waals surface area contributed by atoms with Crippen LogP contribution in [0.5, 0.6) is 5.75 Å². The third-order valence-corrected chi connectivity index (χ3v) is 3.02. The summed E-state index contributed by atoms with van der Waals surface area (Å²) >= 11 is 5.82. The highest BCUT2D eigenvalue weighted by Gasteiger charge is 2.05. The lowest BCUT2D eigenvalue weighted by atomic mass is 10.1. The van der Waals surface area contributed by atoms with Crippen molar-refractivity contribution in [3.8, 4) is 5.75 Å². The number of benzene rings is 2. The number of hydrogen-bond acceptors (Lipinski definition) is 3. The second-order valence-electron chi connectivity index (χ2n) is 4.30. The second kappa shape index (κ2) is 7.08. The number of carbonyl (C=O) groups is 1. The van der Waals surface area contributed by atoms with Gasteiger partial charge < -0.3 is 9.47 Å². The lowest BCUT2D eigenvalue weighted by molar-refractivity contribution is 0.0848. The molecule has 2 aromatic carbocycles. The van der Waals surface area contributed by atoms with Crippen LogP contribution >= 0.6 is 11.6 Å². The van der Waals surface area contributed by atoms with E-state index in [4.69, 9.17) is 21.1 Å². The molecule has 0 N–H and O–H groups in total. The molecule has 2 rings (SSSR count). The van der Waals surface area contributed by atoms with Crippen LogP contribution in [0, 0.1) is 0 Å². The lowest BCUT2D eigenvalue weighted by Gasteiger charge is -2.07. The zero-order valence-electron chi connectivity index (χ0n) is 11.1. The van der Waals surface area contributed by atoms with E-state index in [2.05, 4.69) is 0 Å². The molecule has 0 atom stereocenters. The van der Waals surface area contributed by atoms with Crippen molar-refractivity contribution < 1.29 is 14.3 Å². The van der Waals surface area contributed by atoms with Gasteiger partial charge in [0, 0.05) is 17.7 Å². The molecule has 104 valence electrons. The monoisotopic (exact) mass is 290 g/mol. The highest BCUT2D eigenvalue weighted by Crippen LogP contribution is 2.16. The van der Waals surface area contributed by atoms with Gasteiger partial charge in [-0.3, -0.25) is 4.79 Å². The van der Waals surface area contributed by atoms with Gasteiger partial charge in [-0.2, -0.15) is 0 Å². The summed E-state index contributed by atoms with van der Waals surface area (Å²) in [7, 11) is 1.50. The van der Waals surface area contributed by atoms with Gasteiger partial charge in [-0.25, -0.2) is 0 Å². The normalized spacial score (nSPS) is 10.3. The van der Waals surface area contributed by atoms with E-state index in [0.29, 0.717) is 22.9 Å². The van der Waals surface area contributed by atoms with E-state index in [9.17, 15) is 4.79 Å². The van der Waals surface area contributed by atoms with Crippen LogP contribution in [0.15, 0.2) is 48.5 Å². The van der Waals surface area contributed by atoms with E-state index < -0.39 is 0 Å². The Morgan fingerprint density at radius 1 is 1.05 bits per heavy atom. The number of hydrogen-bond donors (Lipinski definition) is 0. The van der Waals surface area contributed by atoms with Crippen molar-refractivity contribution in [2.75, 3.05) is 13.7 Å². The number of rotatable bonds is 6. The van der Waals surface area contributed by atoms with Gasteiger partial charge in [0.1, 0.15) is 19.0 Å². The van der Waals surface area contributed by atoms with Crippen molar-refractivity contribution in [2.24, 2.45) is 0 Å². The summed E-state index contributed by atoms with van der Waals surface area (Å²) in [6.07, 6.45) is 0. The molecule has 0 saturated carbocycles. The Kier molecular flexibility index (Phi) is 5.16. The van der Waals surface area contributed by atoms with Crippen LogP contribution in [-0.4, -0.2) is 19.5 Å². The summed E-state index contributed by atoms with van der Waals surface area (Å²) in [6.45, 7) is 0.549. The summed E-state index contributed by atoms with van der Waals surface area (Å²) in [6, 6.07) is 14.5. The number of Topliss-reactive ketones (excluding diaryl/α,β-unsaturated/α-hetero) is 1. The average molecular weight is 291 g/mol. The molecule has 4 heteroatoms. The molecule has 0 bridgehead atoms. The number of methoxy groups -OCH3 is 1. The summed E-state index contributed by atoms with van der Waals surface area (Å²) in [4.78, 5) is 11.6. The Morgan fingerprint density at radius 3 is 2.30 bits per heavy atom. The van der Waals surface area contributed by atoms with Gasteiger partial charge in [0.15, 0.2) is 5.78 Å². The van der Waals surface area contributed by atoms with Crippen LogP contribution in [0.25, 0.3) is 0 Å². The predicted molar refractivity (Wildman–Crippen MR) is 78.4 cm³/mol. The van der Waals surface area contributed by atoms with E-state index in [1.54, 1.807) is 24.3 Å². The van der Waals surface area contributed by atoms with Crippen molar-refractivity contribution in [1.29, 1.82) is 0 Å². The molecule has 0 saturated heterocycles. The number of ketones is 1. The minimum Gasteiger partial charge on any atom is -0.489 e. The summed E-state index contributed by atoms with van der Waals surface area (Å²) < 4.78 is 10.5. The standard InChI is InChI=1S/C16H15ClO3/c1-19-11-16(18)13-4-8-15(9-5-13)20-10-12-2-6-14(17)7-3-12/h2-9H,10-11H2,1H3. The maximum Gasteiger partial charge on any atom is 0.188 e. The van der Waals surface area contributed by atoms with E-state index >= 15 is 0 Å². The first-order valence-electron chi connectivity index (χ1n) is 6.18. The third kappa shape index (κ3) is 4.08. The zero-order chi connectivity index (χ0) is 14.4. The molecule has 0 fully saturated rings. The molecule has 3 nitrogen and oxygen atoms in total. The topological polar surface area (TPSA) is 35.5 Å². The SMILES string of the molecule is COCC(=O)c1ccc(OCc2ccc(Cl)cc2)cc1. The van der Waals surface area contributed by atoms with Gasteiger partial charge in [0.2, 0.25) is 0 Å². The van der Waals surface area contributed by atoms with Crippen molar-refractivity contribution in [2.45, 2.75) is 6.61 Å². The smallest absolute Gasteiger partial charge is 0.188 e. The van der Waals surface area contributed by atoms with Crippen molar-refractivity contribution >= 4 is 17.4 Å². The first kappa shape index (κ1) is 14.6. The minimum absolute atomic E-state index is 0.0447. The molecule has 0 radical (unpaired) electrons. The highest BCUT2D eigenvalue weighted by molar-refractivity contribution is 6.30. The molecule has 2 aromatic rings. The van der Waals surface area contributed by atoms with Crippen LogP contribution in [0.4, 0.5) is 0 Å². The van der Waals surface area contributed by atoms with Gasteiger partial charge in [-0.1, -0.05) is 23.7 Å². The lowest BCUT2D eigenvalue weighted by Crippen LogP contribution is -2.06.